The predicted octanol–water partition coefficient (Wildman–Crippen LogP) is 2.45. The van der Waals surface area contributed by atoms with Gasteiger partial charge in [-0.25, -0.2) is 4.79 Å². The van der Waals surface area contributed by atoms with Crippen molar-refractivity contribution in [1.29, 1.82) is 0 Å². The van der Waals surface area contributed by atoms with Crippen molar-refractivity contribution in [2.75, 3.05) is 11.9 Å². The molecule has 0 fully saturated rings. The fourth-order valence-corrected chi connectivity index (χ4v) is 1.80. The summed E-state index contributed by atoms with van der Waals surface area (Å²) in [5.74, 6) is -0.561. The number of nitrogens with one attached hydrogen (secondary N) is 1. The minimum atomic E-state index is -0.368. The summed E-state index contributed by atoms with van der Waals surface area (Å²) >= 11 is 0. The molecule has 1 amide bonds. The lowest BCUT2D eigenvalue weighted by atomic mass is 10.2. The third kappa shape index (κ3) is 3.06. The Morgan fingerprint density at radius 3 is 2.45 bits per heavy atom. The summed E-state index contributed by atoms with van der Waals surface area (Å²) in [5.41, 5.74) is 1.66. The molecular weight excluding hydrogens is 256 g/mol. The molecule has 0 aliphatic carbocycles. The van der Waals surface area contributed by atoms with Gasteiger partial charge in [-0.05, 0) is 43.3 Å². The second kappa shape index (κ2) is 6.06. The van der Waals surface area contributed by atoms with E-state index in [9.17, 15) is 9.59 Å². The number of carbonyl (C=O) groups excluding carboxylic acids is 2. The second-order valence-corrected chi connectivity index (χ2v) is 4.26. The zero-order valence-electron chi connectivity index (χ0n) is 11.4. The molecule has 2 aromatic rings. The van der Waals surface area contributed by atoms with Crippen LogP contribution in [-0.2, 0) is 11.8 Å². The van der Waals surface area contributed by atoms with E-state index in [1.807, 2.05) is 0 Å². The van der Waals surface area contributed by atoms with Gasteiger partial charge in [0, 0.05) is 18.9 Å². The maximum atomic E-state index is 12.0. The van der Waals surface area contributed by atoms with Crippen molar-refractivity contribution in [2.45, 2.75) is 6.92 Å². The first kappa shape index (κ1) is 13.9. The maximum absolute atomic E-state index is 12.0. The van der Waals surface area contributed by atoms with E-state index >= 15 is 0 Å². The Balaban J connectivity index is 2.06. The molecule has 0 saturated heterocycles. The first-order chi connectivity index (χ1) is 9.61. The summed E-state index contributed by atoms with van der Waals surface area (Å²) in [7, 11) is 1.80. The van der Waals surface area contributed by atoms with E-state index in [4.69, 9.17) is 4.74 Å². The van der Waals surface area contributed by atoms with Gasteiger partial charge in [0.2, 0.25) is 0 Å². The van der Waals surface area contributed by atoms with Gasteiger partial charge in [-0.3, -0.25) is 4.79 Å². The molecule has 1 heterocycles. The molecule has 0 atom stereocenters. The van der Waals surface area contributed by atoms with E-state index in [1.165, 1.54) is 0 Å². The summed E-state index contributed by atoms with van der Waals surface area (Å²) < 4.78 is 6.63. The van der Waals surface area contributed by atoms with Gasteiger partial charge in [-0.1, -0.05) is 0 Å². The van der Waals surface area contributed by atoms with Crippen molar-refractivity contribution in [2.24, 2.45) is 7.05 Å². The highest BCUT2D eigenvalue weighted by molar-refractivity contribution is 6.03. The highest BCUT2D eigenvalue weighted by Crippen LogP contribution is 2.12. The van der Waals surface area contributed by atoms with Gasteiger partial charge in [0.15, 0.2) is 0 Å². The summed E-state index contributed by atoms with van der Waals surface area (Å²) in [6.07, 6.45) is 1.80. The number of anilines is 1. The van der Waals surface area contributed by atoms with Crippen molar-refractivity contribution in [1.82, 2.24) is 4.57 Å². The molecule has 0 aliphatic rings. The fraction of sp³-hybridized carbons (Fsp3) is 0.200. The smallest absolute Gasteiger partial charge is 0.338 e. The number of nitrogens with zero attached hydrogens (tertiary/aromatic N) is 1. The molecule has 104 valence electrons. The van der Waals surface area contributed by atoms with Crippen molar-refractivity contribution < 1.29 is 14.3 Å². The monoisotopic (exact) mass is 272 g/mol. The quantitative estimate of drug-likeness (QED) is 0.870. The Bertz CT molecular complexity index is 614. The van der Waals surface area contributed by atoms with Crippen LogP contribution in [0.3, 0.4) is 0 Å². The molecule has 1 N–H and O–H groups in total. The van der Waals surface area contributed by atoms with E-state index in [0.29, 0.717) is 23.6 Å². The lowest BCUT2D eigenvalue weighted by molar-refractivity contribution is 0.0526. The number of amides is 1. The van der Waals surface area contributed by atoms with Gasteiger partial charge >= 0.3 is 5.97 Å². The Labute approximate surface area is 117 Å². The zero-order chi connectivity index (χ0) is 14.5. The molecule has 1 aromatic heterocycles. The van der Waals surface area contributed by atoms with E-state index < -0.39 is 0 Å². The third-order valence-electron chi connectivity index (χ3n) is 2.83. The zero-order valence-corrected chi connectivity index (χ0v) is 11.4. The Morgan fingerprint density at radius 2 is 1.90 bits per heavy atom. The first-order valence-electron chi connectivity index (χ1n) is 6.31. The lowest BCUT2D eigenvalue weighted by Crippen LogP contribution is -2.15. The molecule has 2 rings (SSSR count). The molecule has 0 radical (unpaired) electrons. The van der Waals surface area contributed by atoms with E-state index in [2.05, 4.69) is 5.32 Å². The number of hydrogen-bond donors (Lipinski definition) is 1. The summed E-state index contributed by atoms with van der Waals surface area (Å²) in [5, 5.41) is 2.77. The third-order valence-corrected chi connectivity index (χ3v) is 2.83. The van der Waals surface area contributed by atoms with Crippen LogP contribution in [0.4, 0.5) is 5.69 Å². The molecule has 0 unspecified atom stereocenters. The number of ether oxygens (including phenoxy) is 1. The second-order valence-electron chi connectivity index (χ2n) is 4.26. The molecule has 0 bridgehead atoms. The summed E-state index contributed by atoms with van der Waals surface area (Å²) in [4.78, 5) is 23.5. The number of carbonyl (C=O) groups is 2. The molecule has 20 heavy (non-hydrogen) atoms. The molecule has 0 saturated carbocycles. The molecular formula is C15H16N2O3. The number of aromatic nitrogens is 1. The van der Waals surface area contributed by atoms with Gasteiger partial charge in [0.1, 0.15) is 5.69 Å². The van der Waals surface area contributed by atoms with Gasteiger partial charge in [0.25, 0.3) is 5.91 Å². The van der Waals surface area contributed by atoms with Crippen LogP contribution in [0, 0.1) is 0 Å². The number of benzene rings is 1. The normalized spacial score (nSPS) is 10.1. The highest BCUT2D eigenvalue weighted by atomic mass is 16.5. The Hall–Kier alpha value is -2.56. The van der Waals surface area contributed by atoms with Crippen LogP contribution in [0.15, 0.2) is 42.6 Å². The van der Waals surface area contributed by atoms with E-state index in [0.717, 1.165) is 0 Å². The number of esters is 1. The molecule has 1 aromatic carbocycles. The fourth-order valence-electron chi connectivity index (χ4n) is 1.80. The summed E-state index contributed by atoms with van der Waals surface area (Å²) in [6.45, 7) is 2.09. The molecule has 5 heteroatoms. The van der Waals surface area contributed by atoms with Crippen LogP contribution in [0.2, 0.25) is 0 Å². The van der Waals surface area contributed by atoms with Crippen LogP contribution in [0.5, 0.6) is 0 Å². The van der Waals surface area contributed by atoms with Crippen LogP contribution in [0.1, 0.15) is 27.8 Å². The van der Waals surface area contributed by atoms with E-state index in [-0.39, 0.29) is 11.9 Å². The Kier molecular flexibility index (Phi) is 4.20. The van der Waals surface area contributed by atoms with Gasteiger partial charge in [-0.15, -0.1) is 0 Å². The lowest BCUT2D eigenvalue weighted by Gasteiger charge is -2.07. The topological polar surface area (TPSA) is 60.3 Å². The van der Waals surface area contributed by atoms with Crippen LogP contribution < -0.4 is 5.32 Å². The molecule has 5 nitrogen and oxygen atoms in total. The van der Waals surface area contributed by atoms with Gasteiger partial charge in [-0.2, -0.15) is 0 Å². The molecule has 0 spiro atoms. The average Bonchev–Trinajstić information content (AvgIpc) is 2.86. The highest BCUT2D eigenvalue weighted by Gasteiger charge is 2.10. The van der Waals surface area contributed by atoms with Crippen LogP contribution >= 0.6 is 0 Å². The van der Waals surface area contributed by atoms with Crippen molar-refractivity contribution in [3.8, 4) is 0 Å². The largest absolute Gasteiger partial charge is 0.462 e. The van der Waals surface area contributed by atoms with Crippen LogP contribution in [-0.4, -0.2) is 23.1 Å². The average molecular weight is 272 g/mol. The molecule has 0 aliphatic heterocycles. The predicted molar refractivity (Wildman–Crippen MR) is 75.8 cm³/mol. The minimum Gasteiger partial charge on any atom is -0.462 e. The minimum absolute atomic E-state index is 0.193. The first-order valence-corrected chi connectivity index (χ1v) is 6.31. The van der Waals surface area contributed by atoms with Crippen molar-refractivity contribution in [3.05, 3.63) is 53.9 Å². The van der Waals surface area contributed by atoms with Crippen LogP contribution in [0.25, 0.3) is 0 Å². The van der Waals surface area contributed by atoms with Gasteiger partial charge in [0.05, 0.1) is 12.2 Å². The number of hydrogen-bond acceptors (Lipinski definition) is 3. The van der Waals surface area contributed by atoms with Crippen molar-refractivity contribution >= 4 is 17.6 Å². The maximum Gasteiger partial charge on any atom is 0.338 e. The number of aryl methyl sites for hydroxylation is 1. The SMILES string of the molecule is CCOC(=O)c1ccc(NC(=O)c2cccn2C)cc1. The van der Waals surface area contributed by atoms with Gasteiger partial charge < -0.3 is 14.6 Å². The standard InChI is InChI=1S/C15H16N2O3/c1-3-20-15(19)11-6-8-12(9-7-11)16-14(18)13-5-4-10-17(13)2/h4-10H,3H2,1-2H3,(H,16,18). The number of rotatable bonds is 4. The summed E-state index contributed by atoms with van der Waals surface area (Å²) in [6, 6.07) is 10.1. The van der Waals surface area contributed by atoms with Crippen molar-refractivity contribution in [3.63, 3.8) is 0 Å². The Morgan fingerprint density at radius 1 is 1.20 bits per heavy atom. The van der Waals surface area contributed by atoms with E-state index in [1.54, 1.807) is 61.1 Å².